The van der Waals surface area contributed by atoms with Gasteiger partial charge in [-0.2, -0.15) is 0 Å². The summed E-state index contributed by atoms with van der Waals surface area (Å²) in [5.74, 6) is -0.0307. The zero-order chi connectivity index (χ0) is 14.0. The lowest BCUT2D eigenvalue weighted by atomic mass is 10.1. The number of carbonyl (C=O) groups is 1. The van der Waals surface area contributed by atoms with Gasteiger partial charge in [0.25, 0.3) is 5.91 Å². The number of anilines is 1. The zero-order valence-corrected chi connectivity index (χ0v) is 12.5. The SMILES string of the molecule is CCN(C(=O)c1csc(C)n1)c1cc(C)cc(C)c1. The molecule has 1 aromatic carbocycles. The molecule has 100 valence electrons. The van der Waals surface area contributed by atoms with E-state index >= 15 is 0 Å². The Bertz CT molecular complexity index is 584. The van der Waals surface area contributed by atoms with Gasteiger partial charge in [-0.05, 0) is 51.0 Å². The lowest BCUT2D eigenvalue weighted by Gasteiger charge is -2.21. The van der Waals surface area contributed by atoms with Gasteiger partial charge in [0, 0.05) is 17.6 Å². The lowest BCUT2D eigenvalue weighted by Crippen LogP contribution is -2.31. The van der Waals surface area contributed by atoms with Crippen molar-refractivity contribution in [3.63, 3.8) is 0 Å². The molecule has 2 aromatic rings. The lowest BCUT2D eigenvalue weighted by molar-refractivity contribution is 0.0984. The molecule has 0 unspecified atom stereocenters. The van der Waals surface area contributed by atoms with E-state index in [1.165, 1.54) is 11.3 Å². The third kappa shape index (κ3) is 3.01. The molecule has 0 aliphatic heterocycles. The predicted octanol–water partition coefficient (Wildman–Crippen LogP) is 3.74. The molecule has 0 saturated heterocycles. The van der Waals surface area contributed by atoms with Gasteiger partial charge in [0.15, 0.2) is 0 Å². The molecule has 0 radical (unpaired) electrons. The molecule has 0 N–H and O–H groups in total. The Labute approximate surface area is 117 Å². The van der Waals surface area contributed by atoms with E-state index < -0.39 is 0 Å². The number of aryl methyl sites for hydroxylation is 3. The van der Waals surface area contributed by atoms with Gasteiger partial charge in [0.1, 0.15) is 5.69 Å². The van der Waals surface area contributed by atoms with Crippen LogP contribution in [0.25, 0.3) is 0 Å². The van der Waals surface area contributed by atoms with E-state index in [9.17, 15) is 4.79 Å². The molecule has 2 rings (SSSR count). The fraction of sp³-hybridized carbons (Fsp3) is 0.333. The van der Waals surface area contributed by atoms with Crippen LogP contribution in [0.5, 0.6) is 0 Å². The molecule has 0 fully saturated rings. The smallest absolute Gasteiger partial charge is 0.277 e. The summed E-state index contributed by atoms with van der Waals surface area (Å²) in [6.45, 7) is 8.62. The van der Waals surface area contributed by atoms with Gasteiger partial charge in [-0.1, -0.05) is 6.07 Å². The molecular weight excluding hydrogens is 256 g/mol. The van der Waals surface area contributed by atoms with Crippen molar-refractivity contribution in [2.75, 3.05) is 11.4 Å². The molecule has 19 heavy (non-hydrogen) atoms. The Morgan fingerprint density at radius 1 is 1.21 bits per heavy atom. The number of benzene rings is 1. The summed E-state index contributed by atoms with van der Waals surface area (Å²) in [6, 6.07) is 6.18. The van der Waals surface area contributed by atoms with Crippen molar-refractivity contribution in [1.82, 2.24) is 4.98 Å². The maximum Gasteiger partial charge on any atom is 0.277 e. The average Bonchev–Trinajstić information content (AvgIpc) is 2.75. The highest BCUT2D eigenvalue weighted by atomic mass is 32.1. The normalized spacial score (nSPS) is 10.5. The molecule has 0 saturated carbocycles. The van der Waals surface area contributed by atoms with Crippen molar-refractivity contribution in [3.8, 4) is 0 Å². The highest BCUT2D eigenvalue weighted by Crippen LogP contribution is 2.21. The molecule has 0 aliphatic rings. The van der Waals surface area contributed by atoms with Gasteiger partial charge in [-0.3, -0.25) is 4.79 Å². The first kappa shape index (κ1) is 13.7. The summed E-state index contributed by atoms with van der Waals surface area (Å²) in [4.78, 5) is 18.5. The summed E-state index contributed by atoms with van der Waals surface area (Å²) in [7, 11) is 0. The summed E-state index contributed by atoms with van der Waals surface area (Å²) in [5, 5.41) is 2.74. The number of hydrogen-bond acceptors (Lipinski definition) is 3. The van der Waals surface area contributed by atoms with Crippen LogP contribution < -0.4 is 4.90 Å². The van der Waals surface area contributed by atoms with E-state index in [-0.39, 0.29) is 5.91 Å². The zero-order valence-electron chi connectivity index (χ0n) is 11.7. The summed E-state index contributed by atoms with van der Waals surface area (Å²) >= 11 is 1.50. The van der Waals surface area contributed by atoms with Gasteiger partial charge in [0.05, 0.1) is 5.01 Å². The number of rotatable bonds is 3. The van der Waals surface area contributed by atoms with Gasteiger partial charge in [0.2, 0.25) is 0 Å². The molecule has 4 heteroatoms. The van der Waals surface area contributed by atoms with Crippen molar-refractivity contribution >= 4 is 22.9 Å². The third-order valence-corrected chi connectivity index (χ3v) is 3.69. The van der Waals surface area contributed by atoms with Crippen LogP contribution in [0.15, 0.2) is 23.6 Å². The molecule has 0 aliphatic carbocycles. The largest absolute Gasteiger partial charge is 0.307 e. The molecule has 1 amide bonds. The second-order valence-corrected chi connectivity index (χ2v) is 5.71. The molecule has 1 heterocycles. The van der Waals surface area contributed by atoms with Crippen LogP contribution in [0.1, 0.15) is 33.5 Å². The van der Waals surface area contributed by atoms with Crippen molar-refractivity contribution in [3.05, 3.63) is 45.4 Å². The number of thiazole rings is 1. The Balaban J connectivity index is 2.36. The first-order valence-electron chi connectivity index (χ1n) is 6.33. The minimum atomic E-state index is -0.0307. The minimum Gasteiger partial charge on any atom is -0.307 e. The van der Waals surface area contributed by atoms with E-state index in [1.54, 1.807) is 4.90 Å². The first-order valence-corrected chi connectivity index (χ1v) is 7.21. The highest BCUT2D eigenvalue weighted by molar-refractivity contribution is 7.09. The van der Waals surface area contributed by atoms with Crippen molar-refractivity contribution < 1.29 is 4.79 Å². The molecule has 0 atom stereocenters. The van der Waals surface area contributed by atoms with Gasteiger partial charge in [-0.25, -0.2) is 4.98 Å². The van der Waals surface area contributed by atoms with Gasteiger partial charge >= 0.3 is 0 Å². The topological polar surface area (TPSA) is 33.2 Å². The first-order chi connectivity index (χ1) is 9.01. The number of hydrogen-bond donors (Lipinski definition) is 0. The summed E-state index contributed by atoms with van der Waals surface area (Å²) in [5.41, 5.74) is 3.80. The summed E-state index contributed by atoms with van der Waals surface area (Å²) in [6.07, 6.45) is 0. The third-order valence-electron chi connectivity index (χ3n) is 2.92. The maximum absolute atomic E-state index is 12.5. The van der Waals surface area contributed by atoms with Crippen LogP contribution in [0.2, 0.25) is 0 Å². The van der Waals surface area contributed by atoms with Crippen LogP contribution in [0, 0.1) is 20.8 Å². The number of amides is 1. The van der Waals surface area contributed by atoms with Crippen LogP contribution in [0.3, 0.4) is 0 Å². The van der Waals surface area contributed by atoms with E-state index in [2.05, 4.69) is 11.1 Å². The Morgan fingerprint density at radius 3 is 2.32 bits per heavy atom. The van der Waals surface area contributed by atoms with Crippen molar-refractivity contribution in [2.45, 2.75) is 27.7 Å². The highest BCUT2D eigenvalue weighted by Gasteiger charge is 2.18. The molecule has 0 spiro atoms. The second-order valence-electron chi connectivity index (χ2n) is 4.65. The fourth-order valence-corrected chi connectivity index (χ4v) is 2.74. The Morgan fingerprint density at radius 2 is 1.84 bits per heavy atom. The fourth-order valence-electron chi connectivity index (χ4n) is 2.15. The molecular formula is C15H18N2OS. The second kappa shape index (κ2) is 5.53. The van der Waals surface area contributed by atoms with E-state index in [1.807, 2.05) is 45.2 Å². The monoisotopic (exact) mass is 274 g/mol. The average molecular weight is 274 g/mol. The van der Waals surface area contributed by atoms with Crippen LogP contribution in [0.4, 0.5) is 5.69 Å². The molecule has 1 aromatic heterocycles. The van der Waals surface area contributed by atoms with Crippen LogP contribution in [-0.4, -0.2) is 17.4 Å². The molecule has 3 nitrogen and oxygen atoms in total. The van der Waals surface area contributed by atoms with E-state index in [4.69, 9.17) is 0 Å². The number of aromatic nitrogens is 1. The van der Waals surface area contributed by atoms with E-state index in [0.29, 0.717) is 12.2 Å². The predicted molar refractivity (Wildman–Crippen MR) is 80.1 cm³/mol. The molecule has 0 bridgehead atoms. The standard InChI is InChI=1S/C15H18N2OS/c1-5-17(13-7-10(2)6-11(3)8-13)15(18)14-9-19-12(4)16-14/h6-9H,5H2,1-4H3. The Kier molecular flexibility index (Phi) is 4.00. The van der Waals surface area contributed by atoms with Crippen LogP contribution >= 0.6 is 11.3 Å². The number of carbonyl (C=O) groups excluding carboxylic acids is 1. The maximum atomic E-state index is 12.5. The van der Waals surface area contributed by atoms with Crippen molar-refractivity contribution in [1.29, 1.82) is 0 Å². The Hall–Kier alpha value is -1.68. The van der Waals surface area contributed by atoms with Gasteiger partial charge in [-0.15, -0.1) is 11.3 Å². The minimum absolute atomic E-state index is 0.0307. The quantitative estimate of drug-likeness (QED) is 0.854. The summed E-state index contributed by atoms with van der Waals surface area (Å²) < 4.78 is 0. The van der Waals surface area contributed by atoms with Gasteiger partial charge < -0.3 is 4.90 Å². The number of nitrogens with zero attached hydrogens (tertiary/aromatic N) is 2. The van der Waals surface area contributed by atoms with E-state index in [0.717, 1.165) is 21.8 Å². The van der Waals surface area contributed by atoms with Crippen LogP contribution in [-0.2, 0) is 0 Å². The van der Waals surface area contributed by atoms with Crippen molar-refractivity contribution in [2.24, 2.45) is 0 Å².